The molecule has 0 fully saturated rings. The second-order valence-electron chi connectivity index (χ2n) is 6.91. The van der Waals surface area contributed by atoms with Crippen LogP contribution in [0, 0.1) is 13.8 Å². The van der Waals surface area contributed by atoms with Crippen molar-refractivity contribution in [2.75, 3.05) is 39.2 Å². The van der Waals surface area contributed by atoms with Crippen LogP contribution < -0.4 is 9.64 Å². The van der Waals surface area contributed by atoms with Crippen LogP contribution in [0.4, 0.5) is 5.13 Å². The zero-order valence-corrected chi connectivity index (χ0v) is 17.4. The number of aromatic nitrogens is 3. The second-order valence-corrected chi connectivity index (χ2v) is 7.89. The zero-order valence-electron chi connectivity index (χ0n) is 16.6. The lowest BCUT2D eigenvalue weighted by atomic mass is 10.1. The first-order chi connectivity index (χ1) is 12.8. The van der Waals surface area contributed by atoms with Crippen molar-refractivity contribution in [3.05, 3.63) is 35.0 Å². The number of carbonyl (C=O) groups excluding carboxylic acids is 1. The highest BCUT2D eigenvalue weighted by molar-refractivity contribution is 7.22. The molecule has 3 rings (SSSR count). The number of nitrogens with zero attached hydrogens (tertiary/aromatic N) is 5. The molecule has 1 amide bonds. The summed E-state index contributed by atoms with van der Waals surface area (Å²) < 4.78 is 7.98. The number of likely N-dealkylation sites (N-methyl/N-ethyl adjacent to an activating group) is 1. The van der Waals surface area contributed by atoms with Gasteiger partial charge in [0.2, 0.25) is 5.88 Å². The number of carbonyl (C=O) groups is 1. The Hall–Kier alpha value is -2.45. The van der Waals surface area contributed by atoms with Gasteiger partial charge in [-0.25, -0.2) is 4.98 Å². The number of thiazole rings is 1. The maximum absolute atomic E-state index is 13.3. The fourth-order valence-corrected chi connectivity index (χ4v) is 4.02. The van der Waals surface area contributed by atoms with Crippen LogP contribution in [-0.2, 0) is 7.05 Å². The lowest BCUT2D eigenvalue weighted by Gasteiger charge is -2.21. The first-order valence-corrected chi connectivity index (χ1v) is 9.53. The number of aryl methyl sites for hydroxylation is 3. The average molecular weight is 388 g/mol. The van der Waals surface area contributed by atoms with Gasteiger partial charge in [-0.2, -0.15) is 0 Å². The highest BCUT2D eigenvalue weighted by Crippen LogP contribution is 2.33. The molecule has 1 aromatic carbocycles. The highest BCUT2D eigenvalue weighted by atomic mass is 32.1. The van der Waals surface area contributed by atoms with E-state index in [4.69, 9.17) is 9.72 Å². The summed E-state index contributed by atoms with van der Waals surface area (Å²) in [6.07, 6.45) is 1.69. The number of hydrogen-bond donors (Lipinski definition) is 0. The minimum atomic E-state index is -0.157. The van der Waals surface area contributed by atoms with E-state index in [1.165, 1.54) is 12.7 Å². The lowest BCUT2D eigenvalue weighted by Crippen LogP contribution is -2.36. The third-order valence-electron chi connectivity index (χ3n) is 4.27. The molecule has 2 heterocycles. The molecule has 0 spiro atoms. The van der Waals surface area contributed by atoms with Crippen LogP contribution in [0.25, 0.3) is 10.2 Å². The summed E-state index contributed by atoms with van der Waals surface area (Å²) in [5, 5.41) is 4.90. The van der Waals surface area contributed by atoms with E-state index in [0.717, 1.165) is 22.3 Å². The molecule has 2 aromatic heterocycles. The Bertz CT molecular complexity index is 976. The van der Waals surface area contributed by atoms with E-state index in [0.29, 0.717) is 23.1 Å². The first-order valence-electron chi connectivity index (χ1n) is 8.72. The van der Waals surface area contributed by atoms with E-state index in [1.807, 2.05) is 19.0 Å². The van der Waals surface area contributed by atoms with Gasteiger partial charge in [0.1, 0.15) is 5.56 Å². The van der Waals surface area contributed by atoms with Crippen molar-refractivity contribution in [2.24, 2.45) is 7.05 Å². The predicted octanol–water partition coefficient (Wildman–Crippen LogP) is 2.86. The minimum absolute atomic E-state index is 0.157. The molecule has 0 radical (unpaired) electrons. The van der Waals surface area contributed by atoms with Crippen molar-refractivity contribution < 1.29 is 9.53 Å². The SMILES string of the molecule is COc1nn(C)cc1C(=O)N(CCN(C)C)c1nc2cc(C)cc(C)c2s1. The summed E-state index contributed by atoms with van der Waals surface area (Å²) in [5.41, 5.74) is 3.70. The van der Waals surface area contributed by atoms with E-state index >= 15 is 0 Å². The molecule has 0 aliphatic carbocycles. The van der Waals surface area contributed by atoms with Crippen LogP contribution in [0.1, 0.15) is 21.5 Å². The van der Waals surface area contributed by atoms with E-state index in [2.05, 4.69) is 31.1 Å². The summed E-state index contributed by atoms with van der Waals surface area (Å²) >= 11 is 1.54. The van der Waals surface area contributed by atoms with Crippen molar-refractivity contribution >= 4 is 32.6 Å². The Morgan fingerprint density at radius 3 is 2.67 bits per heavy atom. The standard InChI is InChI=1S/C19H25N5O2S/c1-12-9-13(2)16-15(10-12)20-19(27-16)24(8-7-22(3)4)18(25)14-11-23(5)21-17(14)26-6/h9-11H,7-8H2,1-6H3. The van der Waals surface area contributed by atoms with Gasteiger partial charge in [0.05, 0.1) is 17.3 Å². The van der Waals surface area contributed by atoms with Gasteiger partial charge in [0.15, 0.2) is 5.13 Å². The van der Waals surface area contributed by atoms with Crippen LogP contribution in [0.15, 0.2) is 18.3 Å². The third kappa shape index (κ3) is 3.96. The summed E-state index contributed by atoms with van der Waals surface area (Å²) in [4.78, 5) is 21.8. The second kappa shape index (κ2) is 7.66. The van der Waals surface area contributed by atoms with Crippen molar-refractivity contribution in [2.45, 2.75) is 13.8 Å². The number of benzene rings is 1. The molecule has 3 aromatic rings. The van der Waals surface area contributed by atoms with Crippen LogP contribution in [-0.4, -0.2) is 59.9 Å². The van der Waals surface area contributed by atoms with Gasteiger partial charge in [-0.05, 0) is 45.1 Å². The van der Waals surface area contributed by atoms with Crippen LogP contribution in [0.5, 0.6) is 5.88 Å². The smallest absolute Gasteiger partial charge is 0.267 e. The highest BCUT2D eigenvalue weighted by Gasteiger charge is 2.26. The van der Waals surface area contributed by atoms with Gasteiger partial charge < -0.3 is 9.64 Å². The molecule has 0 aliphatic rings. The summed E-state index contributed by atoms with van der Waals surface area (Å²) in [6.45, 7) is 5.39. The molecule has 144 valence electrons. The summed E-state index contributed by atoms with van der Waals surface area (Å²) in [6, 6.07) is 4.20. The largest absolute Gasteiger partial charge is 0.479 e. The number of hydrogen-bond acceptors (Lipinski definition) is 6. The first kappa shape index (κ1) is 19.3. The maximum atomic E-state index is 13.3. The van der Waals surface area contributed by atoms with Gasteiger partial charge in [0, 0.05) is 26.3 Å². The quantitative estimate of drug-likeness (QED) is 0.651. The fraction of sp³-hybridized carbons (Fsp3) is 0.421. The van der Waals surface area contributed by atoms with Crippen molar-refractivity contribution in [3.63, 3.8) is 0 Å². The number of rotatable bonds is 6. The number of anilines is 1. The van der Waals surface area contributed by atoms with Crippen molar-refractivity contribution in [1.82, 2.24) is 19.7 Å². The van der Waals surface area contributed by atoms with E-state index in [1.54, 1.807) is 34.2 Å². The Morgan fingerprint density at radius 1 is 1.26 bits per heavy atom. The molecule has 7 nitrogen and oxygen atoms in total. The molecule has 8 heteroatoms. The van der Waals surface area contributed by atoms with Crippen molar-refractivity contribution in [1.29, 1.82) is 0 Å². The van der Waals surface area contributed by atoms with Gasteiger partial charge in [-0.3, -0.25) is 14.4 Å². The van der Waals surface area contributed by atoms with Gasteiger partial charge in [0.25, 0.3) is 5.91 Å². The molecule has 27 heavy (non-hydrogen) atoms. The summed E-state index contributed by atoms with van der Waals surface area (Å²) in [7, 11) is 7.26. The molecule has 0 bridgehead atoms. The molecular weight excluding hydrogens is 362 g/mol. The van der Waals surface area contributed by atoms with Crippen LogP contribution in [0.3, 0.4) is 0 Å². The number of fused-ring (bicyclic) bond motifs is 1. The number of ether oxygens (including phenoxy) is 1. The topological polar surface area (TPSA) is 63.5 Å². The Labute approximate surface area is 163 Å². The Balaban J connectivity index is 2.05. The lowest BCUT2D eigenvalue weighted by molar-refractivity contribution is 0.0982. The van der Waals surface area contributed by atoms with Crippen LogP contribution >= 0.6 is 11.3 Å². The Kier molecular flexibility index (Phi) is 5.48. The van der Waals surface area contributed by atoms with E-state index < -0.39 is 0 Å². The molecular formula is C19H25N5O2S. The third-order valence-corrected chi connectivity index (χ3v) is 5.50. The summed E-state index contributed by atoms with van der Waals surface area (Å²) in [5.74, 6) is 0.167. The maximum Gasteiger partial charge on any atom is 0.267 e. The molecule has 0 aliphatic heterocycles. The van der Waals surface area contributed by atoms with Gasteiger partial charge in [-0.15, -0.1) is 5.10 Å². The van der Waals surface area contributed by atoms with Crippen LogP contribution in [0.2, 0.25) is 0 Å². The van der Waals surface area contributed by atoms with E-state index in [9.17, 15) is 4.79 Å². The minimum Gasteiger partial charge on any atom is -0.479 e. The molecule has 0 unspecified atom stereocenters. The van der Waals surface area contributed by atoms with E-state index in [-0.39, 0.29) is 5.91 Å². The number of methoxy groups -OCH3 is 1. The molecule has 0 saturated carbocycles. The average Bonchev–Trinajstić information content (AvgIpc) is 3.18. The molecule has 0 atom stereocenters. The molecule has 0 saturated heterocycles. The van der Waals surface area contributed by atoms with Gasteiger partial charge >= 0.3 is 0 Å². The monoisotopic (exact) mass is 387 g/mol. The zero-order chi connectivity index (χ0) is 19.7. The molecule has 0 N–H and O–H groups in total. The van der Waals surface area contributed by atoms with Crippen molar-refractivity contribution in [3.8, 4) is 5.88 Å². The predicted molar refractivity (Wildman–Crippen MR) is 109 cm³/mol. The van der Waals surface area contributed by atoms with Gasteiger partial charge in [-0.1, -0.05) is 17.4 Å². The Morgan fingerprint density at radius 2 is 2.00 bits per heavy atom. The normalized spacial score (nSPS) is 11.4. The fourth-order valence-electron chi connectivity index (χ4n) is 2.98. The number of amides is 1.